The zero-order chi connectivity index (χ0) is 39.6. The number of allylic oxidation sites excluding steroid dienone is 4. The Hall–Kier alpha value is -2.03. The van der Waals surface area contributed by atoms with Gasteiger partial charge in [-0.3, -0.25) is 9.59 Å². The third-order valence-corrected chi connectivity index (χ3v) is 10.1. The zero-order valence-corrected chi connectivity index (χ0v) is 35.5. The number of carbonyl (C=O) groups is 3. The van der Waals surface area contributed by atoms with Gasteiger partial charge >= 0.3 is 17.8 Å². The van der Waals surface area contributed by atoms with Crippen LogP contribution >= 0.6 is 0 Å². The van der Waals surface area contributed by atoms with Crippen molar-refractivity contribution in [2.75, 3.05) is 32.8 Å². The summed E-state index contributed by atoms with van der Waals surface area (Å²) in [5, 5.41) is 0. The van der Waals surface area contributed by atoms with Crippen molar-refractivity contribution >= 4 is 17.8 Å². The Bertz CT molecular complexity index is 851. The van der Waals surface area contributed by atoms with Crippen LogP contribution in [0.1, 0.15) is 213 Å². The predicted molar refractivity (Wildman–Crippen MR) is 229 cm³/mol. The molecule has 0 aromatic rings. The van der Waals surface area contributed by atoms with Crippen molar-refractivity contribution in [3.05, 3.63) is 24.3 Å². The van der Waals surface area contributed by atoms with E-state index in [0.29, 0.717) is 25.8 Å². The molecule has 0 bridgehead atoms. The number of hydrogen-bond acceptors (Lipinski definition) is 7. The van der Waals surface area contributed by atoms with Gasteiger partial charge < -0.3 is 20.9 Å². The zero-order valence-electron chi connectivity index (χ0n) is 35.5. The van der Waals surface area contributed by atoms with Crippen LogP contribution in [0.25, 0.3) is 0 Å². The molecule has 0 spiro atoms. The van der Waals surface area contributed by atoms with Crippen LogP contribution in [0.3, 0.4) is 0 Å². The largest absolute Gasteiger partial charge is 0.459 e. The average molecular weight is 762 g/mol. The van der Waals surface area contributed by atoms with Gasteiger partial charge in [-0.25, -0.2) is 4.79 Å². The molecule has 0 aliphatic rings. The second-order valence-electron chi connectivity index (χ2n) is 15.3. The summed E-state index contributed by atoms with van der Waals surface area (Å²) in [6, 6.07) is -0.658. The maximum absolute atomic E-state index is 13.1. The van der Waals surface area contributed by atoms with Gasteiger partial charge in [0.2, 0.25) is 0 Å². The number of nitrogens with zero attached hydrogens (tertiary/aromatic N) is 1. The molecule has 0 heterocycles. The molecule has 0 saturated carbocycles. The summed E-state index contributed by atoms with van der Waals surface area (Å²) >= 11 is 0. The first-order chi connectivity index (χ1) is 26.5. The van der Waals surface area contributed by atoms with E-state index in [2.05, 4.69) is 38.2 Å². The maximum atomic E-state index is 13.1. The highest BCUT2D eigenvalue weighted by Gasteiger charge is 2.32. The van der Waals surface area contributed by atoms with Crippen LogP contribution in [-0.4, -0.2) is 56.7 Å². The number of nitrogens with two attached hydrogens (primary N) is 2. The average Bonchev–Trinajstić information content (AvgIpc) is 3.17. The van der Waals surface area contributed by atoms with Crippen molar-refractivity contribution < 1.29 is 23.9 Å². The molecular formula is C46H87N3O5+. The first-order valence-electron chi connectivity index (χ1n) is 22.8. The predicted octanol–water partition coefficient (Wildman–Crippen LogP) is 11.3. The quantitative estimate of drug-likeness (QED) is 0.0275. The van der Waals surface area contributed by atoms with Crippen LogP contribution in [0.2, 0.25) is 0 Å². The molecule has 0 rings (SSSR count). The van der Waals surface area contributed by atoms with E-state index in [1.54, 1.807) is 4.90 Å². The lowest BCUT2D eigenvalue weighted by Gasteiger charge is -2.15. The minimum absolute atomic E-state index is 0.105. The molecule has 0 saturated heterocycles. The van der Waals surface area contributed by atoms with E-state index >= 15 is 0 Å². The van der Waals surface area contributed by atoms with E-state index in [4.69, 9.17) is 20.9 Å². The third kappa shape index (κ3) is 36.9. The Labute approximate surface area is 333 Å². The van der Waals surface area contributed by atoms with Crippen molar-refractivity contribution in [1.82, 2.24) is 4.90 Å². The monoisotopic (exact) mass is 762 g/mol. The lowest BCUT2D eigenvalue weighted by molar-refractivity contribution is -0.145. The first-order valence-corrected chi connectivity index (χ1v) is 22.8. The minimum atomic E-state index is -0.658. The third-order valence-electron chi connectivity index (χ3n) is 10.1. The Morgan fingerprint density at radius 1 is 0.500 bits per heavy atom. The molecule has 315 valence electrons. The van der Waals surface area contributed by atoms with E-state index < -0.39 is 6.04 Å². The summed E-state index contributed by atoms with van der Waals surface area (Å²) in [4.78, 5) is 39.4. The molecule has 8 nitrogen and oxygen atoms in total. The van der Waals surface area contributed by atoms with Gasteiger partial charge in [0.1, 0.15) is 19.3 Å². The summed E-state index contributed by atoms with van der Waals surface area (Å²) < 4.78 is 10.9. The smallest absolute Gasteiger partial charge is 0.377 e. The highest BCUT2D eigenvalue weighted by Crippen LogP contribution is 2.12. The molecule has 8 heteroatoms. The number of esters is 2. The Balaban J connectivity index is 4.16. The summed E-state index contributed by atoms with van der Waals surface area (Å²) in [5.74, 6) is -0.689. The van der Waals surface area contributed by atoms with Crippen LogP contribution in [0.4, 0.5) is 0 Å². The topological polar surface area (TPSA) is 128 Å². The van der Waals surface area contributed by atoms with Gasteiger partial charge in [-0.05, 0) is 90.0 Å². The van der Waals surface area contributed by atoms with E-state index in [1.807, 2.05) is 0 Å². The van der Waals surface area contributed by atoms with E-state index in [0.717, 1.165) is 64.2 Å². The molecule has 4 N–H and O–H groups in total. The second kappa shape index (κ2) is 42.1. The van der Waals surface area contributed by atoms with Gasteiger partial charge in [0.25, 0.3) is 0 Å². The molecule has 1 atom stereocenters. The van der Waals surface area contributed by atoms with Gasteiger partial charge in [-0.1, -0.05) is 146 Å². The summed E-state index contributed by atoms with van der Waals surface area (Å²) in [6.45, 7) is 5.74. The normalized spacial score (nSPS) is 12.3. The highest BCUT2D eigenvalue weighted by molar-refractivity contribution is 5.84. The summed E-state index contributed by atoms with van der Waals surface area (Å²) in [7, 11) is 0. The van der Waals surface area contributed by atoms with Crippen LogP contribution in [-0.2, 0) is 23.9 Å². The van der Waals surface area contributed by atoms with E-state index in [1.165, 1.54) is 116 Å². The first kappa shape index (κ1) is 52.0. The van der Waals surface area contributed by atoms with E-state index in [-0.39, 0.29) is 44.1 Å². The van der Waals surface area contributed by atoms with Crippen molar-refractivity contribution in [1.29, 1.82) is 0 Å². The van der Waals surface area contributed by atoms with E-state index in [9.17, 15) is 14.4 Å². The fourth-order valence-corrected chi connectivity index (χ4v) is 6.56. The molecule has 0 aromatic heterocycles. The van der Waals surface area contributed by atoms with Gasteiger partial charge in [-0.2, -0.15) is 0 Å². The molecule has 1 amide bonds. The Morgan fingerprint density at radius 2 is 0.852 bits per heavy atom. The van der Waals surface area contributed by atoms with Crippen molar-refractivity contribution in [2.24, 2.45) is 11.5 Å². The Morgan fingerprint density at radius 3 is 1.22 bits per heavy atom. The molecule has 0 aromatic carbocycles. The second-order valence-corrected chi connectivity index (χ2v) is 15.3. The molecule has 0 aliphatic heterocycles. The summed E-state index contributed by atoms with van der Waals surface area (Å²) in [6.07, 6.45) is 43.7. The van der Waals surface area contributed by atoms with Crippen LogP contribution in [0, 0.1) is 0 Å². The number of hydrogen-bond donors (Lipinski definition) is 2. The molecule has 1 radical (unpaired) electrons. The van der Waals surface area contributed by atoms with Gasteiger partial charge in [0.05, 0.1) is 0 Å². The number of amides is 1. The summed E-state index contributed by atoms with van der Waals surface area (Å²) in [5.41, 5.74) is 11.8. The van der Waals surface area contributed by atoms with Gasteiger partial charge in [0, 0.05) is 12.8 Å². The number of unbranched alkanes of at least 4 members (excludes halogenated alkanes) is 23. The Kier molecular flexibility index (Phi) is 40.5. The molecule has 0 unspecified atom stereocenters. The molecule has 54 heavy (non-hydrogen) atoms. The minimum Gasteiger partial charge on any atom is -0.459 e. The number of rotatable bonds is 41. The fraction of sp³-hybridized carbons (Fsp3) is 0.848. The SMILES string of the molecule is CCCCCCCC/C=C\CCCCCCCC(=O)OCC[N+](CCOC(=O)CCCCCCC/C=C\CCCCCCCC)C(=O)[C@@H](N)CCCCN. The van der Waals surface area contributed by atoms with Gasteiger partial charge in [-0.15, -0.1) is 0 Å². The number of carbonyl (C=O) groups excluding carboxylic acids is 3. The van der Waals surface area contributed by atoms with Crippen molar-refractivity contribution in [3.63, 3.8) is 0 Å². The van der Waals surface area contributed by atoms with Crippen LogP contribution < -0.4 is 16.4 Å². The fourth-order valence-electron chi connectivity index (χ4n) is 6.56. The standard InChI is InChI=1S/C46H87N3O5/c1-3-5-7-9-11-13-15-17-19-21-23-25-27-29-31-36-44(50)53-41-39-49(46(52)43(48)35-33-34-38-47)40-42-54-45(51)37-32-30-28-26-24-22-20-18-16-14-12-10-8-6-4-2/h17-20,43H,3-16,21-42,47-48H2,1-2H3/q+1/b19-17-,20-18-/t43-/m0/s1. The van der Waals surface area contributed by atoms with Crippen molar-refractivity contribution in [2.45, 2.75) is 219 Å². The molecule has 0 aliphatic carbocycles. The lowest BCUT2D eigenvalue weighted by atomic mass is 10.1. The van der Waals surface area contributed by atoms with Crippen molar-refractivity contribution in [3.8, 4) is 0 Å². The molecular weight excluding hydrogens is 675 g/mol. The van der Waals surface area contributed by atoms with Gasteiger partial charge in [0.15, 0.2) is 13.1 Å². The van der Waals surface area contributed by atoms with Crippen LogP contribution in [0.15, 0.2) is 24.3 Å². The number of ether oxygens (including phenoxy) is 2. The highest BCUT2D eigenvalue weighted by atomic mass is 16.5. The maximum Gasteiger partial charge on any atom is 0.377 e. The molecule has 0 fully saturated rings. The lowest BCUT2D eigenvalue weighted by Crippen LogP contribution is -2.50. The van der Waals surface area contributed by atoms with Crippen LogP contribution in [0.5, 0.6) is 0 Å².